The first kappa shape index (κ1) is 15.1. The van der Waals surface area contributed by atoms with Gasteiger partial charge in [-0.05, 0) is 30.9 Å². The largest absolute Gasteiger partial charge is 0.355 e. The van der Waals surface area contributed by atoms with E-state index in [1.54, 1.807) is 6.20 Å². The molecule has 1 heterocycles. The fraction of sp³-hybridized carbons (Fsp3) is 0.500. The number of hydrogen-bond acceptors (Lipinski definition) is 4. The summed E-state index contributed by atoms with van der Waals surface area (Å²) in [5.74, 6) is 0. The lowest BCUT2D eigenvalue weighted by atomic mass is 10.2. The van der Waals surface area contributed by atoms with Crippen LogP contribution in [-0.2, 0) is 21.2 Å². The van der Waals surface area contributed by atoms with Gasteiger partial charge < -0.3 is 4.74 Å². The van der Waals surface area contributed by atoms with E-state index in [1.165, 1.54) is 0 Å². The summed E-state index contributed by atoms with van der Waals surface area (Å²) in [5, 5.41) is 0. The van der Waals surface area contributed by atoms with Crippen molar-refractivity contribution in [2.75, 3.05) is 12.9 Å². The van der Waals surface area contributed by atoms with Crippen LogP contribution in [0.5, 0.6) is 0 Å². The maximum absolute atomic E-state index is 11.0. The van der Waals surface area contributed by atoms with Crippen LogP contribution in [0.15, 0.2) is 24.5 Å². The number of ether oxygens (including phenoxy) is 1. The van der Waals surface area contributed by atoms with Gasteiger partial charge in [-0.1, -0.05) is 13.0 Å². The monoisotopic (exact) mass is 271 g/mol. The molecule has 6 heteroatoms. The van der Waals surface area contributed by atoms with Gasteiger partial charge in [0.1, 0.15) is 0 Å². The minimum atomic E-state index is -3.25. The highest BCUT2D eigenvalue weighted by Crippen LogP contribution is 2.07. The van der Waals surface area contributed by atoms with Crippen molar-refractivity contribution in [3.05, 3.63) is 36.3 Å². The Hall–Kier alpha value is -0.980. The van der Waals surface area contributed by atoms with Gasteiger partial charge in [0.25, 0.3) is 0 Å². The SMILES string of the molecule is CC[C](NS(C)(=O)=O)OCCCc1cccnc1. The van der Waals surface area contributed by atoms with E-state index in [0.29, 0.717) is 19.3 Å². The van der Waals surface area contributed by atoms with E-state index in [9.17, 15) is 8.42 Å². The molecule has 0 saturated carbocycles. The molecule has 1 rings (SSSR count). The number of hydrogen-bond donors (Lipinski definition) is 1. The van der Waals surface area contributed by atoms with Crippen LogP contribution in [0.1, 0.15) is 25.3 Å². The smallest absolute Gasteiger partial charge is 0.211 e. The molecule has 1 aromatic heterocycles. The topological polar surface area (TPSA) is 68.3 Å². The van der Waals surface area contributed by atoms with Gasteiger partial charge in [0.05, 0.1) is 6.26 Å². The summed E-state index contributed by atoms with van der Waals surface area (Å²) in [6.07, 6.45) is 7.27. The van der Waals surface area contributed by atoms with Crippen molar-refractivity contribution in [1.29, 1.82) is 0 Å². The van der Waals surface area contributed by atoms with E-state index >= 15 is 0 Å². The zero-order valence-electron chi connectivity index (χ0n) is 10.7. The Morgan fingerprint density at radius 2 is 2.28 bits per heavy atom. The van der Waals surface area contributed by atoms with Crippen molar-refractivity contribution in [2.45, 2.75) is 26.2 Å². The number of nitrogens with one attached hydrogen (secondary N) is 1. The maximum atomic E-state index is 11.0. The van der Waals surface area contributed by atoms with E-state index in [0.717, 1.165) is 24.7 Å². The summed E-state index contributed by atoms with van der Waals surface area (Å²) in [4.78, 5) is 4.03. The third-order valence-corrected chi connectivity index (χ3v) is 2.83. The van der Waals surface area contributed by atoms with Gasteiger partial charge in [-0.15, -0.1) is 0 Å². The summed E-state index contributed by atoms with van der Waals surface area (Å²) in [7, 11) is -3.25. The second-order valence-corrected chi connectivity index (χ2v) is 5.71. The van der Waals surface area contributed by atoms with Crippen LogP contribution in [0.25, 0.3) is 0 Å². The van der Waals surface area contributed by atoms with Crippen LogP contribution in [0.4, 0.5) is 0 Å². The van der Waals surface area contributed by atoms with Crippen LogP contribution in [0, 0.1) is 6.23 Å². The third kappa shape index (κ3) is 6.68. The zero-order chi connectivity index (χ0) is 13.4. The Labute approximate surface area is 109 Å². The van der Waals surface area contributed by atoms with Crippen LogP contribution in [-0.4, -0.2) is 26.3 Å². The normalized spacial score (nSPS) is 11.9. The number of sulfonamides is 1. The second kappa shape index (κ2) is 7.45. The summed E-state index contributed by atoms with van der Waals surface area (Å²) in [5.41, 5.74) is 1.15. The molecule has 101 valence electrons. The molecule has 0 aliphatic heterocycles. The van der Waals surface area contributed by atoms with Gasteiger partial charge in [-0.3, -0.25) is 4.98 Å². The fourth-order valence-electron chi connectivity index (χ4n) is 1.43. The van der Waals surface area contributed by atoms with Crippen molar-refractivity contribution in [2.24, 2.45) is 0 Å². The third-order valence-electron chi connectivity index (χ3n) is 2.23. The summed E-state index contributed by atoms with van der Waals surface area (Å²) in [6, 6.07) is 3.90. The Bertz CT molecular complexity index is 434. The summed E-state index contributed by atoms with van der Waals surface area (Å²) < 4.78 is 29.8. The average molecular weight is 271 g/mol. The first-order chi connectivity index (χ1) is 8.51. The average Bonchev–Trinajstić information content (AvgIpc) is 2.33. The Kier molecular flexibility index (Phi) is 6.24. The Balaban J connectivity index is 2.24. The first-order valence-corrected chi connectivity index (χ1v) is 7.75. The van der Waals surface area contributed by atoms with Crippen molar-refractivity contribution in [1.82, 2.24) is 9.71 Å². The zero-order valence-corrected chi connectivity index (χ0v) is 11.5. The summed E-state index contributed by atoms with van der Waals surface area (Å²) in [6.45, 7) is 2.33. The predicted molar refractivity (Wildman–Crippen MR) is 70.0 cm³/mol. The number of aromatic nitrogens is 1. The molecule has 0 bridgehead atoms. The maximum Gasteiger partial charge on any atom is 0.211 e. The number of rotatable bonds is 8. The molecule has 0 aliphatic rings. The molecular weight excluding hydrogens is 252 g/mol. The van der Waals surface area contributed by atoms with Gasteiger partial charge in [0, 0.05) is 19.0 Å². The Morgan fingerprint density at radius 3 is 2.83 bits per heavy atom. The van der Waals surface area contributed by atoms with Gasteiger partial charge >= 0.3 is 0 Å². The molecule has 0 saturated heterocycles. The van der Waals surface area contributed by atoms with Crippen LogP contribution in [0.2, 0.25) is 0 Å². The van der Waals surface area contributed by atoms with E-state index in [-0.39, 0.29) is 0 Å². The lowest BCUT2D eigenvalue weighted by Crippen LogP contribution is -2.29. The fourth-order valence-corrected chi connectivity index (χ4v) is 2.04. The van der Waals surface area contributed by atoms with Crippen LogP contribution < -0.4 is 4.72 Å². The minimum Gasteiger partial charge on any atom is -0.355 e. The first-order valence-electron chi connectivity index (χ1n) is 5.86. The molecule has 1 N–H and O–H groups in total. The predicted octanol–water partition coefficient (Wildman–Crippen LogP) is 1.48. The molecule has 0 unspecified atom stereocenters. The van der Waals surface area contributed by atoms with Gasteiger partial charge in [-0.25, -0.2) is 8.42 Å². The van der Waals surface area contributed by atoms with Gasteiger partial charge in [-0.2, -0.15) is 4.72 Å². The van der Waals surface area contributed by atoms with Crippen molar-refractivity contribution >= 4 is 10.0 Å². The van der Waals surface area contributed by atoms with Crippen molar-refractivity contribution in [3.8, 4) is 0 Å². The molecule has 5 nitrogen and oxygen atoms in total. The molecule has 0 atom stereocenters. The minimum absolute atomic E-state index is 0.392. The van der Waals surface area contributed by atoms with Crippen LogP contribution in [0.3, 0.4) is 0 Å². The molecular formula is C12H19N2O3S. The van der Waals surface area contributed by atoms with Crippen molar-refractivity contribution in [3.63, 3.8) is 0 Å². The highest BCUT2D eigenvalue weighted by Gasteiger charge is 2.13. The second-order valence-electron chi connectivity index (χ2n) is 3.96. The van der Waals surface area contributed by atoms with Gasteiger partial charge in [0.2, 0.25) is 10.0 Å². The number of aryl methyl sites for hydroxylation is 1. The van der Waals surface area contributed by atoms with E-state index in [2.05, 4.69) is 9.71 Å². The van der Waals surface area contributed by atoms with E-state index in [4.69, 9.17) is 4.74 Å². The molecule has 0 aromatic carbocycles. The standard InChI is InChI=1S/C12H19N2O3S/c1-3-12(14-18(2,15)16)17-9-5-7-11-6-4-8-13-10-11/h4,6,8,10,14H,3,5,7,9H2,1-2H3. The van der Waals surface area contributed by atoms with Crippen molar-refractivity contribution < 1.29 is 13.2 Å². The van der Waals surface area contributed by atoms with E-state index < -0.39 is 10.0 Å². The highest BCUT2D eigenvalue weighted by atomic mass is 32.2. The molecule has 1 aromatic rings. The molecule has 0 spiro atoms. The molecule has 0 aliphatic carbocycles. The highest BCUT2D eigenvalue weighted by molar-refractivity contribution is 7.88. The van der Waals surface area contributed by atoms with E-state index in [1.807, 2.05) is 25.3 Å². The number of pyridine rings is 1. The molecule has 1 radical (unpaired) electrons. The molecule has 0 amide bonds. The lowest BCUT2D eigenvalue weighted by Gasteiger charge is -2.14. The van der Waals surface area contributed by atoms with Crippen LogP contribution >= 0.6 is 0 Å². The lowest BCUT2D eigenvalue weighted by molar-refractivity contribution is 0.126. The molecule has 0 fully saturated rings. The summed E-state index contributed by atoms with van der Waals surface area (Å²) >= 11 is 0. The quantitative estimate of drug-likeness (QED) is 0.727. The van der Waals surface area contributed by atoms with Gasteiger partial charge in [0.15, 0.2) is 6.23 Å². The number of nitrogens with zero attached hydrogens (tertiary/aromatic N) is 1. The molecule has 18 heavy (non-hydrogen) atoms. The Morgan fingerprint density at radius 1 is 1.50 bits per heavy atom.